The van der Waals surface area contributed by atoms with E-state index in [0.29, 0.717) is 13.1 Å². The molecule has 2 amide bonds. The van der Waals surface area contributed by atoms with E-state index in [1.807, 2.05) is 17.9 Å². The predicted octanol–water partition coefficient (Wildman–Crippen LogP) is 5.02. The molecule has 2 aromatic rings. The van der Waals surface area contributed by atoms with Crippen molar-refractivity contribution in [3.63, 3.8) is 0 Å². The molecule has 1 N–H and O–H groups in total. The van der Waals surface area contributed by atoms with E-state index in [-0.39, 0.29) is 17.9 Å². The Labute approximate surface area is 207 Å². The summed E-state index contributed by atoms with van der Waals surface area (Å²) in [5.74, 6) is 0.0183. The molecule has 0 radical (unpaired) electrons. The molecule has 6 nitrogen and oxygen atoms in total. The van der Waals surface area contributed by atoms with E-state index >= 15 is 0 Å². The van der Waals surface area contributed by atoms with Crippen LogP contribution in [0.4, 0.5) is 0 Å². The topological polar surface area (TPSA) is 57.6 Å². The summed E-state index contributed by atoms with van der Waals surface area (Å²) in [6.45, 7) is 6.15. The fourth-order valence-corrected chi connectivity index (χ4v) is 6.99. The third kappa shape index (κ3) is 4.78. The van der Waals surface area contributed by atoms with Gasteiger partial charge in [0.25, 0.3) is 5.91 Å². The van der Waals surface area contributed by atoms with Crippen molar-refractivity contribution in [1.82, 2.24) is 19.7 Å². The Kier molecular flexibility index (Phi) is 7.30. The molecular weight excluding hydrogens is 444 g/mol. The minimum absolute atomic E-state index is 0.000196. The van der Waals surface area contributed by atoms with E-state index in [0.717, 1.165) is 48.4 Å². The molecule has 4 heterocycles. The summed E-state index contributed by atoms with van der Waals surface area (Å²) in [7, 11) is 0. The van der Waals surface area contributed by atoms with E-state index in [9.17, 15) is 9.59 Å². The van der Waals surface area contributed by atoms with Crippen LogP contribution in [0.25, 0.3) is 10.2 Å². The lowest BCUT2D eigenvalue weighted by atomic mass is 9.92. The molecule has 34 heavy (non-hydrogen) atoms. The van der Waals surface area contributed by atoms with Crippen molar-refractivity contribution in [3.8, 4) is 0 Å². The highest BCUT2D eigenvalue weighted by atomic mass is 32.1. The second kappa shape index (κ2) is 10.4. The lowest BCUT2D eigenvalue weighted by Crippen LogP contribution is -2.65. The number of carbonyl (C=O) groups is 2. The molecule has 1 saturated carbocycles. The summed E-state index contributed by atoms with van der Waals surface area (Å²) in [6.07, 6.45) is 13.3. The maximum absolute atomic E-state index is 13.9. The molecule has 2 aliphatic heterocycles. The molecule has 186 valence electrons. The Morgan fingerprint density at radius 2 is 1.71 bits per heavy atom. The summed E-state index contributed by atoms with van der Waals surface area (Å²) in [6, 6.07) is 4.32. The van der Waals surface area contributed by atoms with Gasteiger partial charge in [0.15, 0.2) is 0 Å². The number of fused-ring (bicyclic) bond motifs is 3. The molecule has 1 saturated heterocycles. The molecule has 3 aliphatic rings. The zero-order valence-corrected chi connectivity index (χ0v) is 21.5. The van der Waals surface area contributed by atoms with Gasteiger partial charge in [-0.15, -0.1) is 11.3 Å². The van der Waals surface area contributed by atoms with Gasteiger partial charge in [-0.05, 0) is 63.2 Å². The number of amides is 2. The van der Waals surface area contributed by atoms with Gasteiger partial charge in [-0.2, -0.15) is 0 Å². The molecule has 1 atom stereocenters. The van der Waals surface area contributed by atoms with Gasteiger partial charge in [0.1, 0.15) is 11.2 Å². The molecule has 0 spiro atoms. The van der Waals surface area contributed by atoms with Crippen LogP contribution in [-0.2, 0) is 11.3 Å². The normalized spacial score (nSPS) is 25.6. The molecule has 7 heteroatoms. The number of likely N-dealkylation sites (tertiary alicyclic amines) is 1. The first-order chi connectivity index (χ1) is 16.6. The van der Waals surface area contributed by atoms with Crippen LogP contribution in [0, 0.1) is 0 Å². The first-order valence-electron chi connectivity index (χ1n) is 13.5. The van der Waals surface area contributed by atoms with E-state index in [4.69, 9.17) is 0 Å². The Bertz CT molecular complexity index is 998. The first-order valence-corrected chi connectivity index (χ1v) is 14.4. The molecule has 0 aromatic carbocycles. The summed E-state index contributed by atoms with van der Waals surface area (Å²) in [4.78, 5) is 32.2. The van der Waals surface area contributed by atoms with Crippen molar-refractivity contribution in [2.24, 2.45) is 0 Å². The Hall–Kier alpha value is -1.86. The minimum Gasteiger partial charge on any atom is -0.351 e. The fourth-order valence-electron chi connectivity index (χ4n) is 6.17. The largest absolute Gasteiger partial charge is 0.351 e. The Morgan fingerprint density at radius 1 is 1.03 bits per heavy atom. The van der Waals surface area contributed by atoms with Crippen molar-refractivity contribution in [1.29, 1.82) is 0 Å². The van der Waals surface area contributed by atoms with Crippen LogP contribution in [0.5, 0.6) is 0 Å². The zero-order valence-electron chi connectivity index (χ0n) is 20.7. The van der Waals surface area contributed by atoms with Crippen LogP contribution < -0.4 is 5.32 Å². The smallest absolute Gasteiger partial charge is 0.271 e. The van der Waals surface area contributed by atoms with Gasteiger partial charge in [0.2, 0.25) is 5.91 Å². The van der Waals surface area contributed by atoms with E-state index in [1.54, 1.807) is 11.3 Å². The standard InChI is InChI=1S/C27H40N4O2S/c1-27(26(33)28-21-11-7-3-2-4-8-12-21)20-30-22-13-18-34-24(22)19-23(30)25(32)31(27)17-16-29-14-9-5-6-10-15-29/h13,18-19,21H,2-12,14-17,20H2,1H3,(H,28,33). The lowest BCUT2D eigenvalue weighted by molar-refractivity contribution is -0.133. The highest BCUT2D eigenvalue weighted by Crippen LogP contribution is 2.34. The third-order valence-electron chi connectivity index (χ3n) is 8.32. The second-order valence-corrected chi connectivity index (χ2v) is 11.7. The number of aromatic nitrogens is 1. The van der Waals surface area contributed by atoms with E-state index < -0.39 is 5.54 Å². The maximum Gasteiger partial charge on any atom is 0.271 e. The monoisotopic (exact) mass is 484 g/mol. The van der Waals surface area contributed by atoms with Gasteiger partial charge < -0.3 is 19.7 Å². The highest BCUT2D eigenvalue weighted by molar-refractivity contribution is 7.17. The predicted molar refractivity (Wildman–Crippen MR) is 138 cm³/mol. The van der Waals surface area contributed by atoms with Gasteiger partial charge in [0.05, 0.1) is 16.8 Å². The van der Waals surface area contributed by atoms with Crippen molar-refractivity contribution >= 4 is 33.4 Å². The van der Waals surface area contributed by atoms with Crippen LogP contribution >= 0.6 is 11.3 Å². The summed E-state index contributed by atoms with van der Waals surface area (Å²) < 4.78 is 3.22. The van der Waals surface area contributed by atoms with E-state index in [1.165, 1.54) is 57.8 Å². The van der Waals surface area contributed by atoms with Gasteiger partial charge in [0, 0.05) is 19.1 Å². The molecule has 2 aromatic heterocycles. The van der Waals surface area contributed by atoms with E-state index in [2.05, 4.69) is 26.2 Å². The highest BCUT2D eigenvalue weighted by Gasteiger charge is 2.48. The van der Waals surface area contributed by atoms with Gasteiger partial charge in [-0.1, -0.05) is 44.9 Å². The van der Waals surface area contributed by atoms with Crippen LogP contribution in [0.15, 0.2) is 17.5 Å². The summed E-state index contributed by atoms with van der Waals surface area (Å²) in [5, 5.41) is 5.47. The van der Waals surface area contributed by atoms with Crippen molar-refractivity contribution in [2.75, 3.05) is 26.2 Å². The summed E-state index contributed by atoms with van der Waals surface area (Å²) >= 11 is 1.66. The molecule has 2 fully saturated rings. The zero-order chi connectivity index (χ0) is 23.5. The number of thiophene rings is 1. The van der Waals surface area contributed by atoms with Crippen LogP contribution in [0.2, 0.25) is 0 Å². The molecule has 5 rings (SSSR count). The number of rotatable bonds is 5. The maximum atomic E-state index is 13.9. The average molecular weight is 485 g/mol. The first kappa shape index (κ1) is 23.9. The van der Waals surface area contributed by atoms with Gasteiger partial charge in [-0.3, -0.25) is 9.59 Å². The van der Waals surface area contributed by atoms with Crippen molar-refractivity contribution in [3.05, 3.63) is 23.2 Å². The number of nitrogens with zero attached hydrogens (tertiary/aromatic N) is 3. The Morgan fingerprint density at radius 3 is 2.44 bits per heavy atom. The fraction of sp³-hybridized carbons (Fsp3) is 0.704. The number of nitrogens with one attached hydrogen (secondary N) is 1. The molecule has 1 aliphatic carbocycles. The Balaban J connectivity index is 1.40. The average Bonchev–Trinajstić information content (AvgIpc) is 3.29. The quantitative estimate of drug-likeness (QED) is 0.648. The summed E-state index contributed by atoms with van der Waals surface area (Å²) in [5.41, 5.74) is 0.922. The third-order valence-corrected chi connectivity index (χ3v) is 9.17. The second-order valence-electron chi connectivity index (χ2n) is 10.8. The SMILES string of the molecule is CC1(C(=O)NC2CCCCCCC2)Cn2c(cc3sccc32)C(=O)N1CCN1CCCCCC1. The lowest BCUT2D eigenvalue weighted by Gasteiger charge is -2.45. The molecule has 1 unspecified atom stereocenters. The van der Waals surface area contributed by atoms with Gasteiger partial charge in [-0.25, -0.2) is 0 Å². The number of carbonyl (C=O) groups excluding carboxylic acids is 2. The molecule has 0 bridgehead atoms. The van der Waals surface area contributed by atoms with Crippen LogP contribution in [0.3, 0.4) is 0 Å². The number of hydrogen-bond donors (Lipinski definition) is 1. The van der Waals surface area contributed by atoms with Crippen LogP contribution in [-0.4, -0.2) is 63.9 Å². The molecular formula is C27H40N4O2S. The number of hydrogen-bond acceptors (Lipinski definition) is 4. The van der Waals surface area contributed by atoms with Crippen molar-refractivity contribution < 1.29 is 9.59 Å². The minimum atomic E-state index is -0.883. The van der Waals surface area contributed by atoms with Gasteiger partial charge >= 0.3 is 0 Å². The van der Waals surface area contributed by atoms with Crippen molar-refractivity contribution in [2.45, 2.75) is 95.7 Å². The van der Waals surface area contributed by atoms with Crippen LogP contribution in [0.1, 0.15) is 88.0 Å².